The molecule has 0 unspecified atom stereocenters. The van der Waals surface area contributed by atoms with Gasteiger partial charge in [0.05, 0.1) is 22.4 Å². The number of fused-ring (bicyclic) bond motifs is 1. The molecule has 22 heavy (non-hydrogen) atoms. The average molecular weight is 297 g/mol. The van der Waals surface area contributed by atoms with E-state index in [1.807, 2.05) is 18.2 Å². The highest BCUT2D eigenvalue weighted by Crippen LogP contribution is 2.34. The third kappa shape index (κ3) is 3.30. The van der Waals surface area contributed by atoms with Gasteiger partial charge < -0.3 is 0 Å². The van der Waals surface area contributed by atoms with Crippen LogP contribution in [0.1, 0.15) is 45.0 Å². The number of rotatable bonds is 2. The van der Waals surface area contributed by atoms with Gasteiger partial charge in [-0.15, -0.1) is 0 Å². The zero-order chi connectivity index (χ0) is 15.7. The molecule has 0 N–H and O–H groups in total. The summed E-state index contributed by atoms with van der Waals surface area (Å²) in [6.45, 7) is 12.5. The first-order chi connectivity index (χ1) is 10.4. The predicted octanol–water partition coefficient (Wildman–Crippen LogP) is 4.20. The first-order valence-corrected chi connectivity index (χ1v) is 8.38. The molecule has 0 atom stereocenters. The molecular formula is C19H27N3. The summed E-state index contributed by atoms with van der Waals surface area (Å²) in [4.78, 5) is 12.1. The maximum absolute atomic E-state index is 4.83. The van der Waals surface area contributed by atoms with Crippen LogP contribution in [0.4, 0.5) is 0 Å². The van der Waals surface area contributed by atoms with Crippen molar-refractivity contribution in [3.8, 4) is 0 Å². The Labute approximate surface area is 133 Å². The lowest BCUT2D eigenvalue weighted by molar-refractivity contribution is 0.107. The van der Waals surface area contributed by atoms with Gasteiger partial charge in [0.25, 0.3) is 0 Å². The summed E-state index contributed by atoms with van der Waals surface area (Å²) in [6, 6.07) is 8.14. The van der Waals surface area contributed by atoms with E-state index in [-0.39, 0.29) is 0 Å². The number of para-hydroxylation sites is 2. The van der Waals surface area contributed by atoms with E-state index in [0.29, 0.717) is 5.41 Å². The van der Waals surface area contributed by atoms with Gasteiger partial charge in [0, 0.05) is 6.54 Å². The fourth-order valence-electron chi connectivity index (χ4n) is 3.44. The molecule has 1 aromatic heterocycles. The van der Waals surface area contributed by atoms with Crippen molar-refractivity contribution in [2.45, 2.75) is 47.1 Å². The van der Waals surface area contributed by atoms with E-state index in [2.05, 4.69) is 38.7 Å². The van der Waals surface area contributed by atoms with Crippen LogP contribution in [0.2, 0.25) is 0 Å². The number of hydrogen-bond donors (Lipinski definition) is 0. The van der Waals surface area contributed by atoms with Crippen molar-refractivity contribution in [3.63, 3.8) is 0 Å². The van der Waals surface area contributed by atoms with E-state index in [9.17, 15) is 0 Å². The van der Waals surface area contributed by atoms with Gasteiger partial charge in [-0.2, -0.15) is 0 Å². The van der Waals surface area contributed by atoms with Crippen molar-refractivity contribution in [1.82, 2.24) is 14.9 Å². The molecule has 0 saturated carbocycles. The standard InChI is InChI=1S/C19H27N3/c1-14-18(21-17-8-6-5-7-16(17)20-14)13-22-11-9-15(10-12-22)19(2,3)4/h5-8,15H,9-13H2,1-4H3. The fourth-order valence-corrected chi connectivity index (χ4v) is 3.44. The number of hydrogen-bond acceptors (Lipinski definition) is 3. The average Bonchev–Trinajstić information content (AvgIpc) is 2.48. The molecule has 3 nitrogen and oxygen atoms in total. The maximum atomic E-state index is 4.83. The number of piperidine rings is 1. The summed E-state index contributed by atoms with van der Waals surface area (Å²) < 4.78 is 0. The Morgan fingerprint density at radius 1 is 1.05 bits per heavy atom. The van der Waals surface area contributed by atoms with Crippen LogP contribution < -0.4 is 0 Å². The van der Waals surface area contributed by atoms with Crippen molar-refractivity contribution >= 4 is 11.0 Å². The molecule has 1 saturated heterocycles. The van der Waals surface area contributed by atoms with Crippen LogP contribution in [0, 0.1) is 18.3 Å². The summed E-state index contributed by atoms with van der Waals surface area (Å²) in [6.07, 6.45) is 2.59. The van der Waals surface area contributed by atoms with Gasteiger partial charge in [-0.25, -0.2) is 9.97 Å². The van der Waals surface area contributed by atoms with Gasteiger partial charge in [0.1, 0.15) is 0 Å². The lowest BCUT2D eigenvalue weighted by Gasteiger charge is -2.38. The van der Waals surface area contributed by atoms with Crippen LogP contribution >= 0.6 is 0 Å². The highest BCUT2D eigenvalue weighted by atomic mass is 15.1. The van der Waals surface area contributed by atoms with Gasteiger partial charge in [0.15, 0.2) is 0 Å². The molecule has 1 fully saturated rings. The van der Waals surface area contributed by atoms with Gasteiger partial charge in [-0.3, -0.25) is 4.90 Å². The summed E-state index contributed by atoms with van der Waals surface area (Å²) in [7, 11) is 0. The second kappa shape index (κ2) is 5.96. The van der Waals surface area contributed by atoms with Gasteiger partial charge in [0.2, 0.25) is 0 Å². The molecule has 0 aliphatic carbocycles. The number of aromatic nitrogens is 2. The SMILES string of the molecule is Cc1nc2ccccc2nc1CN1CCC(C(C)(C)C)CC1. The van der Waals surface area contributed by atoms with Crippen molar-refractivity contribution in [2.75, 3.05) is 13.1 Å². The number of aryl methyl sites for hydroxylation is 1. The van der Waals surface area contributed by atoms with E-state index in [1.165, 1.54) is 25.9 Å². The Bertz CT molecular complexity index is 649. The van der Waals surface area contributed by atoms with Crippen LogP contribution in [0.25, 0.3) is 11.0 Å². The third-order valence-corrected chi connectivity index (χ3v) is 5.03. The summed E-state index contributed by atoms with van der Waals surface area (Å²) in [5.41, 5.74) is 4.64. The lowest BCUT2D eigenvalue weighted by atomic mass is 9.75. The number of benzene rings is 1. The van der Waals surface area contributed by atoms with Gasteiger partial charge >= 0.3 is 0 Å². The maximum Gasteiger partial charge on any atom is 0.0890 e. The van der Waals surface area contributed by atoms with Crippen LogP contribution in [0.15, 0.2) is 24.3 Å². The molecule has 1 aliphatic heterocycles. The minimum absolute atomic E-state index is 0.435. The quantitative estimate of drug-likeness (QED) is 0.832. The predicted molar refractivity (Wildman–Crippen MR) is 91.7 cm³/mol. The van der Waals surface area contributed by atoms with E-state index in [4.69, 9.17) is 9.97 Å². The molecule has 118 valence electrons. The van der Waals surface area contributed by atoms with Crippen LogP contribution in [-0.4, -0.2) is 28.0 Å². The zero-order valence-electron chi connectivity index (χ0n) is 14.3. The molecule has 3 rings (SSSR count). The topological polar surface area (TPSA) is 29.0 Å². The van der Waals surface area contributed by atoms with Crippen molar-refractivity contribution in [2.24, 2.45) is 11.3 Å². The summed E-state index contributed by atoms with van der Waals surface area (Å²) in [5.74, 6) is 0.840. The second-order valence-electron chi connectivity index (χ2n) is 7.66. The van der Waals surface area contributed by atoms with E-state index in [1.54, 1.807) is 0 Å². The molecule has 2 aromatic rings. The molecule has 1 aliphatic rings. The number of likely N-dealkylation sites (tertiary alicyclic amines) is 1. The fraction of sp³-hybridized carbons (Fsp3) is 0.579. The van der Waals surface area contributed by atoms with Crippen molar-refractivity contribution < 1.29 is 0 Å². The minimum Gasteiger partial charge on any atom is -0.297 e. The van der Waals surface area contributed by atoms with Crippen LogP contribution in [0.5, 0.6) is 0 Å². The monoisotopic (exact) mass is 297 g/mol. The molecule has 0 spiro atoms. The highest BCUT2D eigenvalue weighted by molar-refractivity contribution is 5.74. The first kappa shape index (κ1) is 15.4. The number of nitrogens with zero attached hydrogens (tertiary/aromatic N) is 3. The first-order valence-electron chi connectivity index (χ1n) is 8.38. The van der Waals surface area contributed by atoms with Gasteiger partial charge in [-0.1, -0.05) is 32.9 Å². The Morgan fingerprint density at radius 3 is 2.23 bits per heavy atom. The van der Waals surface area contributed by atoms with E-state index in [0.717, 1.165) is 34.9 Å². The minimum atomic E-state index is 0.435. The van der Waals surface area contributed by atoms with Crippen molar-refractivity contribution in [1.29, 1.82) is 0 Å². The summed E-state index contributed by atoms with van der Waals surface area (Å²) in [5, 5.41) is 0. The Kier molecular flexibility index (Phi) is 4.18. The van der Waals surface area contributed by atoms with Crippen molar-refractivity contribution in [3.05, 3.63) is 35.7 Å². The molecule has 0 bridgehead atoms. The largest absolute Gasteiger partial charge is 0.297 e. The molecule has 0 radical (unpaired) electrons. The Hall–Kier alpha value is -1.48. The highest BCUT2D eigenvalue weighted by Gasteiger charge is 2.28. The normalized spacial score (nSPS) is 18.0. The van der Waals surface area contributed by atoms with E-state index < -0.39 is 0 Å². The summed E-state index contributed by atoms with van der Waals surface area (Å²) >= 11 is 0. The van der Waals surface area contributed by atoms with Gasteiger partial charge in [-0.05, 0) is 56.3 Å². The lowest BCUT2D eigenvalue weighted by Crippen LogP contribution is -2.37. The van der Waals surface area contributed by atoms with Crippen LogP contribution in [-0.2, 0) is 6.54 Å². The Morgan fingerprint density at radius 2 is 1.64 bits per heavy atom. The molecule has 2 heterocycles. The smallest absolute Gasteiger partial charge is 0.0890 e. The molecular weight excluding hydrogens is 270 g/mol. The van der Waals surface area contributed by atoms with E-state index >= 15 is 0 Å². The molecule has 0 amide bonds. The zero-order valence-corrected chi connectivity index (χ0v) is 14.3. The molecule has 1 aromatic carbocycles. The third-order valence-electron chi connectivity index (χ3n) is 5.03. The van der Waals surface area contributed by atoms with Crippen LogP contribution in [0.3, 0.4) is 0 Å². The molecule has 3 heteroatoms. The second-order valence-corrected chi connectivity index (χ2v) is 7.66. The Balaban J connectivity index is 1.71.